The number of likely N-dealkylation sites (N-methyl/N-ethyl adjacent to an activating group) is 1. The van der Waals surface area contributed by atoms with E-state index >= 15 is 0 Å². The Morgan fingerprint density at radius 2 is 1.97 bits per heavy atom. The highest BCUT2D eigenvalue weighted by molar-refractivity contribution is 9.10. The first-order valence-electron chi connectivity index (χ1n) is 13.8. The van der Waals surface area contributed by atoms with Crippen molar-refractivity contribution in [3.05, 3.63) is 44.9 Å². The first-order valence-corrected chi connectivity index (χ1v) is 14.9. The molecule has 1 spiro atoms. The van der Waals surface area contributed by atoms with Crippen LogP contribution >= 0.6 is 27.5 Å². The lowest BCUT2D eigenvalue weighted by atomic mass is 10.1. The number of ether oxygens (including phenoxy) is 4. The molecule has 0 radical (unpaired) electrons. The molecule has 1 aliphatic carbocycles. The number of piperazine rings is 1. The second-order valence-electron chi connectivity index (χ2n) is 11.6. The Morgan fingerprint density at radius 1 is 1.18 bits per heavy atom. The number of rotatable bonds is 5. The van der Waals surface area contributed by atoms with Crippen LogP contribution in [0.1, 0.15) is 36.8 Å². The number of aryl methyl sites for hydroxylation is 1. The van der Waals surface area contributed by atoms with Crippen LogP contribution in [0.5, 0.6) is 17.5 Å². The van der Waals surface area contributed by atoms with Gasteiger partial charge in [-0.15, -0.1) is 0 Å². The van der Waals surface area contributed by atoms with Crippen molar-refractivity contribution in [3.8, 4) is 17.5 Å². The molecule has 2 bridgehead atoms. The summed E-state index contributed by atoms with van der Waals surface area (Å²) >= 11 is 10.8. The van der Waals surface area contributed by atoms with Crippen molar-refractivity contribution in [2.45, 2.75) is 69.0 Å². The summed E-state index contributed by atoms with van der Waals surface area (Å²) in [6, 6.07) is 9.47. The average Bonchev–Trinajstić information content (AvgIpc) is 3.38. The largest absolute Gasteiger partial charge is 0.485 e. The van der Waals surface area contributed by atoms with E-state index in [-0.39, 0.29) is 17.7 Å². The van der Waals surface area contributed by atoms with Gasteiger partial charge in [0.25, 0.3) is 0 Å². The van der Waals surface area contributed by atoms with Crippen LogP contribution < -0.4 is 19.1 Å². The zero-order chi connectivity index (χ0) is 26.5. The third-order valence-electron chi connectivity index (χ3n) is 9.16. The monoisotopic (exact) mass is 612 g/mol. The van der Waals surface area contributed by atoms with Gasteiger partial charge in [0.05, 0.1) is 28.6 Å². The Kier molecular flexibility index (Phi) is 5.54. The molecule has 4 fully saturated rings. The van der Waals surface area contributed by atoms with E-state index in [0.29, 0.717) is 64.4 Å². The normalized spacial score (nSPS) is 29.1. The number of hydrogen-bond acceptors (Lipinski definition) is 8. The molecule has 1 saturated carbocycles. The zero-order valence-electron chi connectivity index (χ0n) is 22.0. The van der Waals surface area contributed by atoms with Gasteiger partial charge in [-0.2, -0.15) is 9.97 Å². The molecule has 10 heteroatoms. The predicted octanol–water partition coefficient (Wildman–Crippen LogP) is 5.29. The fraction of sp³-hybridized carbons (Fsp3) is 0.517. The van der Waals surface area contributed by atoms with E-state index in [1.165, 1.54) is 5.56 Å². The van der Waals surface area contributed by atoms with Gasteiger partial charge in [-0.05, 0) is 41.9 Å². The molecule has 2 aromatic carbocycles. The highest BCUT2D eigenvalue weighted by Gasteiger charge is 2.74. The number of anilines is 1. The third-order valence-corrected chi connectivity index (χ3v) is 10.5. The summed E-state index contributed by atoms with van der Waals surface area (Å²) in [5.41, 5.74) is 2.83. The smallest absolute Gasteiger partial charge is 0.319 e. The van der Waals surface area contributed by atoms with Gasteiger partial charge < -0.3 is 23.8 Å². The summed E-state index contributed by atoms with van der Waals surface area (Å²) in [4.78, 5) is 15.1. The molecular weight excluding hydrogens is 584 g/mol. The fourth-order valence-electron chi connectivity index (χ4n) is 7.21. The van der Waals surface area contributed by atoms with E-state index in [9.17, 15) is 0 Å². The minimum Gasteiger partial charge on any atom is -0.485 e. The molecule has 1 unspecified atom stereocenters. The van der Waals surface area contributed by atoms with Gasteiger partial charge in [-0.3, -0.25) is 4.90 Å². The molecule has 204 valence electrons. The molecule has 1 aromatic heterocycles. The number of halogens is 2. The van der Waals surface area contributed by atoms with Gasteiger partial charge in [-0.25, -0.2) is 0 Å². The number of likely N-dealkylation sites (tertiary alicyclic amines) is 1. The SMILES string of the molecule is Cc1ccc(COc2c(Br)c(Cl)c3c4c(nc(OC5CCOCC5)nc24)N2[C@H]4C[C@H](N(C)C4)C24C[C@H]4O3)cc1. The lowest BCUT2D eigenvalue weighted by Crippen LogP contribution is -2.56. The van der Waals surface area contributed by atoms with Crippen LogP contribution in [0.25, 0.3) is 10.9 Å². The van der Waals surface area contributed by atoms with Gasteiger partial charge in [0.15, 0.2) is 11.5 Å². The van der Waals surface area contributed by atoms with Crippen LogP contribution in [-0.4, -0.2) is 71.5 Å². The van der Waals surface area contributed by atoms with E-state index in [1.54, 1.807) is 0 Å². The van der Waals surface area contributed by atoms with Crippen molar-refractivity contribution in [3.63, 3.8) is 0 Å². The number of hydrogen-bond donors (Lipinski definition) is 0. The number of benzene rings is 2. The standard InChI is InChI=1S/C29H30BrClN4O4/c1-15-3-5-16(6-4-15)14-37-26-22(30)23(31)25-21-24(26)32-28(38-18-7-9-36-10-8-18)33-27(21)35-17-11-19(34(2)13-17)29(35)12-20(29)39-25/h3-6,17-20H,7-14H2,1-2H3/t17-,19-,20+,29?/m0/s1. The Morgan fingerprint density at radius 3 is 2.77 bits per heavy atom. The molecule has 8 nitrogen and oxygen atoms in total. The quantitative estimate of drug-likeness (QED) is 0.385. The molecular formula is C29H30BrClN4O4. The highest BCUT2D eigenvalue weighted by Crippen LogP contribution is 2.64. The maximum absolute atomic E-state index is 7.03. The summed E-state index contributed by atoms with van der Waals surface area (Å²) < 4.78 is 25.8. The Labute approximate surface area is 240 Å². The molecule has 0 amide bonds. The van der Waals surface area contributed by atoms with Gasteiger partial charge in [0.2, 0.25) is 0 Å². The number of fused-ring (bicyclic) bond motifs is 4. The molecule has 39 heavy (non-hydrogen) atoms. The minimum atomic E-state index is -0.105. The van der Waals surface area contributed by atoms with Crippen LogP contribution in [0.4, 0.5) is 5.82 Å². The summed E-state index contributed by atoms with van der Waals surface area (Å²) in [5, 5.41) is 1.30. The first-order chi connectivity index (χ1) is 18.9. The summed E-state index contributed by atoms with van der Waals surface area (Å²) in [5.74, 6) is 2.06. The van der Waals surface area contributed by atoms with Crippen molar-refractivity contribution < 1.29 is 18.9 Å². The maximum atomic E-state index is 7.03. The number of nitrogens with zero attached hydrogens (tertiary/aromatic N) is 4. The molecule has 8 rings (SSSR count). The van der Waals surface area contributed by atoms with E-state index in [2.05, 4.69) is 64.0 Å². The van der Waals surface area contributed by atoms with E-state index in [4.69, 9.17) is 40.5 Å². The van der Waals surface area contributed by atoms with Crippen molar-refractivity contribution in [2.24, 2.45) is 0 Å². The van der Waals surface area contributed by atoms with Crippen LogP contribution in [0.15, 0.2) is 28.7 Å². The van der Waals surface area contributed by atoms with Crippen LogP contribution in [0, 0.1) is 6.92 Å². The molecule has 4 atom stereocenters. The van der Waals surface area contributed by atoms with E-state index in [1.807, 2.05) is 0 Å². The lowest BCUT2D eigenvalue weighted by Gasteiger charge is -2.40. The van der Waals surface area contributed by atoms with Crippen LogP contribution in [0.2, 0.25) is 5.02 Å². The van der Waals surface area contributed by atoms with Gasteiger partial charge >= 0.3 is 6.01 Å². The summed E-state index contributed by atoms with van der Waals surface area (Å²) in [6.07, 6.45) is 3.76. The zero-order valence-corrected chi connectivity index (χ0v) is 24.3. The molecule has 3 saturated heterocycles. The van der Waals surface area contributed by atoms with Crippen molar-refractivity contribution >= 4 is 44.3 Å². The summed E-state index contributed by atoms with van der Waals surface area (Å²) in [7, 11) is 2.22. The molecule has 0 N–H and O–H groups in total. The van der Waals surface area contributed by atoms with Gasteiger partial charge in [0, 0.05) is 37.9 Å². The Bertz CT molecular complexity index is 1480. The molecule has 5 heterocycles. The van der Waals surface area contributed by atoms with Crippen molar-refractivity contribution in [1.29, 1.82) is 0 Å². The van der Waals surface area contributed by atoms with E-state index in [0.717, 1.165) is 49.0 Å². The lowest BCUT2D eigenvalue weighted by molar-refractivity contribution is 0.0219. The second kappa shape index (κ2) is 8.83. The average molecular weight is 614 g/mol. The second-order valence-corrected chi connectivity index (χ2v) is 12.7. The van der Waals surface area contributed by atoms with Crippen molar-refractivity contribution in [2.75, 3.05) is 31.7 Å². The highest BCUT2D eigenvalue weighted by atomic mass is 79.9. The third kappa shape index (κ3) is 3.62. The number of aromatic nitrogens is 2. The fourth-order valence-corrected chi connectivity index (χ4v) is 7.92. The Hall–Kier alpha value is -2.33. The first kappa shape index (κ1) is 24.5. The van der Waals surface area contributed by atoms with Gasteiger partial charge in [-0.1, -0.05) is 41.4 Å². The topological polar surface area (TPSA) is 69.2 Å². The summed E-state index contributed by atoms with van der Waals surface area (Å²) in [6.45, 7) is 4.82. The maximum Gasteiger partial charge on any atom is 0.319 e. The predicted molar refractivity (Wildman–Crippen MR) is 151 cm³/mol. The molecule has 5 aliphatic rings. The van der Waals surface area contributed by atoms with Crippen molar-refractivity contribution in [1.82, 2.24) is 14.9 Å². The molecule has 3 aromatic rings. The van der Waals surface area contributed by atoms with E-state index < -0.39 is 0 Å². The van der Waals surface area contributed by atoms with Crippen LogP contribution in [-0.2, 0) is 11.3 Å². The molecule has 4 aliphatic heterocycles. The Balaban J connectivity index is 1.29. The minimum absolute atomic E-state index is 0.0152. The van der Waals surface area contributed by atoms with Crippen LogP contribution in [0.3, 0.4) is 0 Å². The van der Waals surface area contributed by atoms with Gasteiger partial charge in [0.1, 0.15) is 35.2 Å².